The summed E-state index contributed by atoms with van der Waals surface area (Å²) in [6.45, 7) is 5.13. The van der Waals surface area contributed by atoms with E-state index in [1.807, 2.05) is 0 Å². The molecule has 0 spiro atoms. The van der Waals surface area contributed by atoms with Crippen LogP contribution in [0.25, 0.3) is 0 Å². The lowest BCUT2D eigenvalue weighted by Gasteiger charge is -2.13. The number of carbonyl (C=O) groups excluding carboxylic acids is 1. The van der Waals surface area contributed by atoms with E-state index in [1.54, 1.807) is 24.3 Å². The van der Waals surface area contributed by atoms with Gasteiger partial charge >= 0.3 is 0 Å². The highest BCUT2D eigenvalue weighted by Crippen LogP contribution is 2.50. The smallest absolute Gasteiger partial charge is 0.237 e. The van der Waals surface area contributed by atoms with Crippen molar-refractivity contribution >= 4 is 5.91 Å². The van der Waals surface area contributed by atoms with Gasteiger partial charge in [0.05, 0.1) is 6.04 Å². The largest absolute Gasteiger partial charge is 0.508 e. The van der Waals surface area contributed by atoms with Crippen molar-refractivity contribution in [2.45, 2.75) is 32.7 Å². The van der Waals surface area contributed by atoms with E-state index in [9.17, 15) is 9.90 Å². The van der Waals surface area contributed by atoms with E-state index in [0.29, 0.717) is 17.8 Å². The molecule has 19 heavy (non-hydrogen) atoms. The van der Waals surface area contributed by atoms with Crippen LogP contribution in [0.15, 0.2) is 24.3 Å². The molecule has 0 aromatic heterocycles. The molecule has 1 aliphatic carbocycles. The maximum atomic E-state index is 11.9. The van der Waals surface area contributed by atoms with Gasteiger partial charge in [-0.2, -0.15) is 0 Å². The number of rotatable bonds is 5. The third kappa shape index (κ3) is 3.70. The third-order valence-corrected chi connectivity index (χ3v) is 3.97. The Labute approximate surface area is 114 Å². The molecule has 1 aromatic carbocycles. The zero-order valence-electron chi connectivity index (χ0n) is 11.5. The molecule has 0 heterocycles. The summed E-state index contributed by atoms with van der Waals surface area (Å²) in [4.78, 5) is 11.9. The van der Waals surface area contributed by atoms with Crippen molar-refractivity contribution in [3.05, 3.63) is 29.8 Å². The van der Waals surface area contributed by atoms with Crippen LogP contribution in [0.5, 0.6) is 5.75 Å². The van der Waals surface area contributed by atoms with Gasteiger partial charge in [0.2, 0.25) is 5.91 Å². The molecule has 1 aromatic rings. The summed E-state index contributed by atoms with van der Waals surface area (Å²) >= 11 is 0. The van der Waals surface area contributed by atoms with E-state index in [0.717, 1.165) is 12.1 Å². The molecule has 2 atom stereocenters. The van der Waals surface area contributed by atoms with E-state index in [-0.39, 0.29) is 11.7 Å². The SMILES string of the molecule is CC1(C)CC1CNC(=O)[C@H](N)Cc1ccc(O)cc1. The molecule has 1 unspecified atom stereocenters. The van der Waals surface area contributed by atoms with Crippen LogP contribution >= 0.6 is 0 Å². The number of phenols is 1. The van der Waals surface area contributed by atoms with Crippen LogP contribution in [0, 0.1) is 11.3 Å². The second-order valence-electron chi connectivity index (χ2n) is 6.11. The molecular formula is C15H22N2O2. The minimum atomic E-state index is -0.536. The fraction of sp³-hybridized carbons (Fsp3) is 0.533. The Hall–Kier alpha value is -1.55. The van der Waals surface area contributed by atoms with Gasteiger partial charge in [-0.3, -0.25) is 4.79 Å². The summed E-state index contributed by atoms with van der Waals surface area (Å²) in [5.41, 5.74) is 7.21. The number of aromatic hydroxyl groups is 1. The number of hydrogen-bond acceptors (Lipinski definition) is 3. The summed E-state index contributed by atoms with van der Waals surface area (Å²) in [7, 11) is 0. The standard InChI is InChI=1S/C15H22N2O2/c1-15(2)8-11(15)9-17-14(19)13(16)7-10-3-5-12(18)6-4-10/h3-6,11,13,18H,7-9,16H2,1-2H3,(H,17,19)/t11?,13-/m1/s1. The van der Waals surface area contributed by atoms with Gasteiger partial charge in [0.15, 0.2) is 0 Å². The minimum Gasteiger partial charge on any atom is -0.508 e. The number of phenolic OH excluding ortho intramolecular Hbond substituents is 1. The van der Waals surface area contributed by atoms with Crippen molar-refractivity contribution in [1.29, 1.82) is 0 Å². The first-order chi connectivity index (χ1) is 8.88. The van der Waals surface area contributed by atoms with Crippen LogP contribution in [0.2, 0.25) is 0 Å². The van der Waals surface area contributed by atoms with Gasteiger partial charge in [0.1, 0.15) is 5.75 Å². The van der Waals surface area contributed by atoms with Crippen molar-refractivity contribution in [3.63, 3.8) is 0 Å². The quantitative estimate of drug-likeness (QED) is 0.751. The van der Waals surface area contributed by atoms with Gasteiger partial charge in [0.25, 0.3) is 0 Å². The van der Waals surface area contributed by atoms with Crippen LogP contribution in [0.4, 0.5) is 0 Å². The molecule has 4 nitrogen and oxygen atoms in total. The van der Waals surface area contributed by atoms with E-state index < -0.39 is 6.04 Å². The van der Waals surface area contributed by atoms with Crippen molar-refractivity contribution in [2.75, 3.05) is 6.54 Å². The van der Waals surface area contributed by atoms with Crippen molar-refractivity contribution < 1.29 is 9.90 Å². The van der Waals surface area contributed by atoms with Gasteiger partial charge in [0, 0.05) is 6.54 Å². The Kier molecular flexibility index (Phi) is 3.80. The molecular weight excluding hydrogens is 240 g/mol. The molecule has 0 aliphatic heterocycles. The Morgan fingerprint density at radius 3 is 2.58 bits per heavy atom. The van der Waals surface area contributed by atoms with Crippen LogP contribution in [-0.4, -0.2) is 23.6 Å². The summed E-state index contributed by atoms with van der Waals surface area (Å²) in [5, 5.41) is 12.1. The van der Waals surface area contributed by atoms with E-state index in [4.69, 9.17) is 5.73 Å². The lowest BCUT2D eigenvalue weighted by molar-refractivity contribution is -0.122. The van der Waals surface area contributed by atoms with E-state index >= 15 is 0 Å². The lowest BCUT2D eigenvalue weighted by atomic mass is 10.1. The molecule has 0 radical (unpaired) electrons. The molecule has 1 amide bonds. The normalized spacial score (nSPS) is 21.7. The molecule has 104 valence electrons. The molecule has 1 fully saturated rings. The Morgan fingerprint density at radius 1 is 1.47 bits per heavy atom. The van der Waals surface area contributed by atoms with Gasteiger partial charge in [-0.1, -0.05) is 26.0 Å². The van der Waals surface area contributed by atoms with Gasteiger partial charge in [-0.25, -0.2) is 0 Å². The van der Waals surface area contributed by atoms with E-state index in [2.05, 4.69) is 19.2 Å². The molecule has 4 N–H and O–H groups in total. The Bertz CT molecular complexity index is 454. The van der Waals surface area contributed by atoms with Gasteiger partial charge in [-0.15, -0.1) is 0 Å². The first kappa shape index (κ1) is 13.9. The second-order valence-corrected chi connectivity index (χ2v) is 6.11. The van der Waals surface area contributed by atoms with Crippen molar-refractivity contribution in [1.82, 2.24) is 5.32 Å². The molecule has 1 aliphatic rings. The lowest BCUT2D eigenvalue weighted by Crippen LogP contribution is -2.42. The molecule has 2 rings (SSSR count). The summed E-state index contributed by atoms with van der Waals surface area (Å²) in [5.74, 6) is 0.700. The Balaban J connectivity index is 1.77. The van der Waals surface area contributed by atoms with Gasteiger partial charge < -0.3 is 16.2 Å². The second kappa shape index (κ2) is 5.21. The monoisotopic (exact) mass is 262 g/mol. The Morgan fingerprint density at radius 2 is 2.05 bits per heavy atom. The zero-order valence-corrected chi connectivity index (χ0v) is 11.5. The van der Waals surface area contributed by atoms with Crippen LogP contribution < -0.4 is 11.1 Å². The molecule has 4 heteroatoms. The zero-order chi connectivity index (χ0) is 14.0. The minimum absolute atomic E-state index is 0.101. The highest BCUT2D eigenvalue weighted by atomic mass is 16.3. The number of benzene rings is 1. The average molecular weight is 262 g/mol. The maximum Gasteiger partial charge on any atom is 0.237 e. The first-order valence-corrected chi connectivity index (χ1v) is 6.70. The fourth-order valence-corrected chi connectivity index (χ4v) is 2.26. The fourth-order valence-electron chi connectivity index (χ4n) is 2.26. The number of nitrogens with two attached hydrogens (primary N) is 1. The highest BCUT2D eigenvalue weighted by Gasteiger charge is 2.45. The highest BCUT2D eigenvalue weighted by molar-refractivity contribution is 5.81. The van der Waals surface area contributed by atoms with Crippen LogP contribution in [0.1, 0.15) is 25.8 Å². The van der Waals surface area contributed by atoms with Gasteiger partial charge in [-0.05, 0) is 41.9 Å². The predicted molar refractivity (Wildman–Crippen MR) is 74.7 cm³/mol. The third-order valence-electron chi connectivity index (χ3n) is 3.97. The number of carbonyl (C=O) groups is 1. The number of amides is 1. The predicted octanol–water partition coefficient (Wildman–Crippen LogP) is 1.42. The van der Waals surface area contributed by atoms with Crippen molar-refractivity contribution in [3.8, 4) is 5.75 Å². The summed E-state index contributed by atoms with van der Waals surface area (Å²) < 4.78 is 0. The van der Waals surface area contributed by atoms with Crippen molar-refractivity contribution in [2.24, 2.45) is 17.1 Å². The average Bonchev–Trinajstić information content (AvgIpc) is 2.97. The number of nitrogens with one attached hydrogen (secondary N) is 1. The van der Waals surface area contributed by atoms with Crippen LogP contribution in [-0.2, 0) is 11.2 Å². The van der Waals surface area contributed by atoms with Crippen LogP contribution in [0.3, 0.4) is 0 Å². The first-order valence-electron chi connectivity index (χ1n) is 6.70. The summed E-state index contributed by atoms with van der Waals surface area (Å²) in [6, 6.07) is 6.24. The molecule has 1 saturated carbocycles. The topological polar surface area (TPSA) is 75.4 Å². The van der Waals surface area contributed by atoms with E-state index in [1.165, 1.54) is 6.42 Å². The number of hydrogen-bond donors (Lipinski definition) is 3. The molecule has 0 bridgehead atoms. The molecule has 0 saturated heterocycles. The summed E-state index contributed by atoms with van der Waals surface area (Å²) in [6.07, 6.45) is 1.65. The maximum absolute atomic E-state index is 11.9.